The summed E-state index contributed by atoms with van der Waals surface area (Å²) in [5, 5.41) is 0. The number of nitrogens with zero attached hydrogens (tertiary/aromatic N) is 1. The van der Waals surface area contributed by atoms with Gasteiger partial charge in [-0.3, -0.25) is 9.10 Å². The third kappa shape index (κ3) is 3.83. The number of esters is 1. The number of sulfonamides is 1. The Labute approximate surface area is 183 Å². The highest BCUT2D eigenvalue weighted by molar-refractivity contribution is 7.92. The molecule has 4 rings (SSSR count). The molecule has 0 aromatic heterocycles. The normalized spacial score (nSPS) is 15.2. The van der Waals surface area contributed by atoms with E-state index in [4.69, 9.17) is 4.74 Å². The molecule has 0 saturated carbocycles. The second-order valence-corrected chi connectivity index (χ2v) is 9.56. The van der Waals surface area contributed by atoms with Crippen LogP contribution in [0.2, 0.25) is 0 Å². The van der Waals surface area contributed by atoms with Gasteiger partial charge in [-0.15, -0.1) is 0 Å². The Morgan fingerprint density at radius 1 is 0.935 bits per heavy atom. The van der Waals surface area contributed by atoms with E-state index in [2.05, 4.69) is 0 Å². The minimum absolute atomic E-state index is 0.0658. The summed E-state index contributed by atoms with van der Waals surface area (Å²) in [7, 11) is -3.93. The first-order chi connectivity index (χ1) is 14.8. The van der Waals surface area contributed by atoms with Crippen molar-refractivity contribution in [1.82, 2.24) is 0 Å². The largest absolute Gasteiger partial charge is 0.466 e. The number of hydrogen-bond donors (Lipinski definition) is 0. The highest BCUT2D eigenvalue weighted by Gasteiger charge is 2.40. The van der Waals surface area contributed by atoms with Crippen LogP contribution in [0.5, 0.6) is 0 Å². The second-order valence-electron chi connectivity index (χ2n) is 7.75. The molecule has 0 bridgehead atoms. The maximum atomic E-state index is 13.9. The van der Waals surface area contributed by atoms with Gasteiger partial charge in [-0.05, 0) is 50.1 Å². The number of benzene rings is 3. The number of carbonyl (C=O) groups is 1. The molecule has 1 unspecified atom stereocenters. The van der Waals surface area contributed by atoms with Crippen molar-refractivity contribution in [3.05, 3.63) is 83.4 Å². The lowest BCUT2D eigenvalue weighted by Crippen LogP contribution is -2.39. The van der Waals surface area contributed by atoms with Crippen LogP contribution in [-0.4, -0.2) is 21.0 Å². The average molecular weight is 436 g/mol. The Hall–Kier alpha value is -3.12. The molecule has 0 amide bonds. The smallest absolute Gasteiger partial charge is 0.308 e. The number of anilines is 1. The van der Waals surface area contributed by atoms with Crippen molar-refractivity contribution in [2.45, 2.75) is 38.1 Å². The van der Waals surface area contributed by atoms with Crippen molar-refractivity contribution in [1.29, 1.82) is 0 Å². The van der Waals surface area contributed by atoms with Crippen LogP contribution < -0.4 is 4.31 Å². The van der Waals surface area contributed by atoms with Gasteiger partial charge in [0, 0.05) is 5.56 Å². The molecular weight excluding hydrogens is 410 g/mol. The SMILES string of the molecule is CCOC(=O)CC1c2cc(C)ccc2-c2ccccc2N1S(=O)(=O)c1ccc(C)cc1. The van der Waals surface area contributed by atoms with E-state index in [1.54, 1.807) is 37.3 Å². The number of rotatable bonds is 5. The van der Waals surface area contributed by atoms with Gasteiger partial charge in [-0.2, -0.15) is 0 Å². The molecule has 5 nitrogen and oxygen atoms in total. The standard InChI is InChI=1S/C25H25NO4S/c1-4-30-25(27)16-24-22-15-18(3)11-14-20(22)21-7-5-6-8-23(21)26(24)31(28,29)19-12-9-17(2)10-13-19/h5-15,24H,4,16H2,1-3H3. The van der Waals surface area contributed by atoms with Crippen LogP contribution in [0.3, 0.4) is 0 Å². The molecule has 0 saturated heterocycles. The molecule has 3 aromatic rings. The van der Waals surface area contributed by atoms with Crippen LogP contribution in [0.4, 0.5) is 5.69 Å². The summed E-state index contributed by atoms with van der Waals surface area (Å²) >= 11 is 0. The van der Waals surface area contributed by atoms with Gasteiger partial charge < -0.3 is 4.74 Å². The van der Waals surface area contributed by atoms with Gasteiger partial charge in [0.05, 0.1) is 29.7 Å². The highest BCUT2D eigenvalue weighted by atomic mass is 32.2. The fraction of sp³-hybridized carbons (Fsp3) is 0.240. The quantitative estimate of drug-likeness (QED) is 0.519. The van der Waals surface area contributed by atoms with E-state index in [1.807, 2.05) is 50.2 Å². The first-order valence-corrected chi connectivity index (χ1v) is 11.7. The fourth-order valence-electron chi connectivity index (χ4n) is 4.08. The molecule has 160 valence electrons. The molecule has 0 spiro atoms. The van der Waals surface area contributed by atoms with Crippen molar-refractivity contribution in [3.8, 4) is 11.1 Å². The lowest BCUT2D eigenvalue weighted by molar-refractivity contribution is -0.143. The molecular formula is C25H25NO4S. The molecule has 3 aromatic carbocycles. The number of ether oxygens (including phenoxy) is 1. The maximum absolute atomic E-state index is 13.9. The van der Waals surface area contributed by atoms with E-state index in [0.29, 0.717) is 5.69 Å². The van der Waals surface area contributed by atoms with Crippen molar-refractivity contribution in [3.63, 3.8) is 0 Å². The number of para-hydroxylation sites is 1. The summed E-state index contributed by atoms with van der Waals surface area (Å²) in [5.74, 6) is -0.427. The number of carbonyl (C=O) groups excluding carboxylic acids is 1. The van der Waals surface area contributed by atoms with Crippen LogP contribution in [0.25, 0.3) is 11.1 Å². The maximum Gasteiger partial charge on any atom is 0.308 e. The Morgan fingerprint density at radius 2 is 1.61 bits per heavy atom. The molecule has 0 N–H and O–H groups in total. The summed E-state index contributed by atoms with van der Waals surface area (Å²) in [6, 6.07) is 19.5. The van der Waals surface area contributed by atoms with Crippen LogP contribution in [0, 0.1) is 13.8 Å². The van der Waals surface area contributed by atoms with Gasteiger partial charge in [-0.25, -0.2) is 8.42 Å². The zero-order valence-electron chi connectivity index (χ0n) is 17.8. The molecule has 1 aliphatic rings. The zero-order chi connectivity index (χ0) is 22.2. The predicted molar refractivity (Wildman–Crippen MR) is 121 cm³/mol. The van der Waals surface area contributed by atoms with Crippen LogP contribution in [-0.2, 0) is 19.6 Å². The van der Waals surface area contributed by atoms with E-state index in [1.165, 1.54) is 4.31 Å². The Kier molecular flexibility index (Phi) is 5.58. The van der Waals surface area contributed by atoms with E-state index >= 15 is 0 Å². The zero-order valence-corrected chi connectivity index (χ0v) is 18.6. The lowest BCUT2D eigenvalue weighted by atomic mass is 9.87. The third-order valence-corrected chi connectivity index (χ3v) is 7.36. The molecule has 0 fully saturated rings. The molecule has 1 atom stereocenters. The van der Waals surface area contributed by atoms with Gasteiger partial charge in [0.25, 0.3) is 10.0 Å². The minimum Gasteiger partial charge on any atom is -0.466 e. The van der Waals surface area contributed by atoms with Crippen molar-refractivity contribution in [2.24, 2.45) is 0 Å². The minimum atomic E-state index is -3.93. The van der Waals surface area contributed by atoms with Gasteiger partial charge >= 0.3 is 5.97 Å². The van der Waals surface area contributed by atoms with E-state index in [0.717, 1.165) is 27.8 Å². The molecule has 0 aliphatic carbocycles. The van der Waals surface area contributed by atoms with Gasteiger partial charge in [0.15, 0.2) is 0 Å². The molecule has 31 heavy (non-hydrogen) atoms. The fourth-order valence-corrected chi connectivity index (χ4v) is 5.73. The van der Waals surface area contributed by atoms with Gasteiger partial charge in [0.2, 0.25) is 0 Å². The summed E-state index contributed by atoms with van der Waals surface area (Å²) in [5.41, 5.74) is 5.11. The predicted octanol–water partition coefficient (Wildman–Crippen LogP) is 5.17. The molecule has 1 aliphatic heterocycles. The first-order valence-electron chi connectivity index (χ1n) is 10.3. The summed E-state index contributed by atoms with van der Waals surface area (Å²) in [6.45, 7) is 5.86. The topological polar surface area (TPSA) is 63.7 Å². The Balaban J connectivity index is 1.96. The second kappa shape index (κ2) is 8.19. The van der Waals surface area contributed by atoms with E-state index in [-0.39, 0.29) is 17.9 Å². The average Bonchev–Trinajstić information content (AvgIpc) is 2.74. The number of aryl methyl sites for hydroxylation is 2. The lowest BCUT2D eigenvalue weighted by Gasteiger charge is -2.39. The Morgan fingerprint density at radius 3 is 2.32 bits per heavy atom. The van der Waals surface area contributed by atoms with Crippen molar-refractivity contribution >= 4 is 21.7 Å². The first kappa shape index (κ1) is 21.1. The van der Waals surface area contributed by atoms with Crippen LogP contribution in [0.15, 0.2) is 71.6 Å². The summed E-state index contributed by atoms with van der Waals surface area (Å²) in [4.78, 5) is 12.7. The molecule has 1 heterocycles. The summed E-state index contributed by atoms with van der Waals surface area (Å²) < 4.78 is 34.4. The van der Waals surface area contributed by atoms with E-state index < -0.39 is 22.0 Å². The number of fused-ring (bicyclic) bond motifs is 3. The monoisotopic (exact) mass is 435 g/mol. The Bertz CT molecular complexity index is 1230. The van der Waals surface area contributed by atoms with Crippen molar-refractivity contribution in [2.75, 3.05) is 10.9 Å². The van der Waals surface area contributed by atoms with E-state index in [9.17, 15) is 13.2 Å². The molecule has 0 radical (unpaired) electrons. The van der Waals surface area contributed by atoms with Crippen LogP contribution in [0.1, 0.15) is 36.1 Å². The highest BCUT2D eigenvalue weighted by Crippen LogP contribution is 2.48. The summed E-state index contributed by atoms with van der Waals surface area (Å²) in [6.07, 6.45) is -0.0658. The van der Waals surface area contributed by atoms with Crippen molar-refractivity contribution < 1.29 is 17.9 Å². The van der Waals surface area contributed by atoms with Gasteiger partial charge in [0.1, 0.15) is 0 Å². The van der Waals surface area contributed by atoms with Crippen LogP contribution >= 0.6 is 0 Å². The molecule has 6 heteroatoms. The van der Waals surface area contributed by atoms with Gasteiger partial charge in [-0.1, -0.05) is 59.7 Å². The third-order valence-electron chi connectivity index (χ3n) is 5.52. The number of hydrogen-bond acceptors (Lipinski definition) is 4.